The molecule has 0 aliphatic rings. The lowest BCUT2D eigenvalue weighted by molar-refractivity contribution is 0.147. The first-order chi connectivity index (χ1) is 9.52. The molecule has 5 heteroatoms. The second-order valence-electron chi connectivity index (χ2n) is 4.51. The number of benzene rings is 2. The zero-order valence-electron chi connectivity index (χ0n) is 10.6. The fraction of sp³-hybridized carbons (Fsp3) is 0.200. The highest BCUT2D eigenvalue weighted by molar-refractivity contribution is 6.42. The van der Waals surface area contributed by atoms with Crippen molar-refractivity contribution >= 4 is 34.8 Å². The molecule has 20 heavy (non-hydrogen) atoms. The van der Waals surface area contributed by atoms with Crippen LogP contribution in [0.3, 0.4) is 0 Å². The lowest BCUT2D eigenvalue weighted by atomic mass is 9.89. The third kappa shape index (κ3) is 3.46. The van der Waals surface area contributed by atoms with E-state index in [0.717, 1.165) is 11.1 Å². The zero-order chi connectivity index (χ0) is 14.7. The van der Waals surface area contributed by atoms with Crippen molar-refractivity contribution in [3.63, 3.8) is 0 Å². The quantitative estimate of drug-likeness (QED) is 0.871. The molecule has 0 aliphatic carbocycles. The van der Waals surface area contributed by atoms with Gasteiger partial charge >= 0.3 is 0 Å². The normalized spacial score (nSPS) is 14.1. The Bertz CT molecular complexity index is 586. The molecule has 2 unspecified atom stereocenters. The fourth-order valence-electron chi connectivity index (χ4n) is 2.08. The maximum Gasteiger partial charge on any atom is 0.0870 e. The average Bonchev–Trinajstić information content (AvgIpc) is 2.44. The van der Waals surface area contributed by atoms with Gasteiger partial charge < -0.3 is 10.8 Å². The Morgan fingerprint density at radius 1 is 0.900 bits per heavy atom. The molecule has 0 radical (unpaired) electrons. The Hall–Kier alpha value is -0.770. The van der Waals surface area contributed by atoms with Crippen LogP contribution in [0.2, 0.25) is 15.1 Å². The molecule has 2 atom stereocenters. The third-order valence-corrected chi connectivity index (χ3v) is 4.21. The lowest BCUT2D eigenvalue weighted by Crippen LogP contribution is -2.20. The summed E-state index contributed by atoms with van der Waals surface area (Å²) in [6.07, 6.45) is -0.727. The predicted octanol–water partition coefficient (Wildman–Crippen LogP) is 4.42. The molecule has 2 aromatic rings. The molecule has 2 nitrogen and oxygen atoms in total. The molecule has 0 aliphatic heterocycles. The van der Waals surface area contributed by atoms with Gasteiger partial charge in [-0.25, -0.2) is 0 Å². The number of hydrogen-bond acceptors (Lipinski definition) is 2. The number of aliphatic hydroxyl groups excluding tert-OH is 1. The van der Waals surface area contributed by atoms with Gasteiger partial charge in [-0.2, -0.15) is 0 Å². The van der Waals surface area contributed by atoms with Gasteiger partial charge in [0, 0.05) is 17.5 Å². The summed E-state index contributed by atoms with van der Waals surface area (Å²) in [4.78, 5) is 0. The minimum atomic E-state index is -0.727. The summed E-state index contributed by atoms with van der Waals surface area (Å²) >= 11 is 17.8. The SMILES string of the molecule is NCC(c1ccc(Cl)c(Cl)c1)C(O)c1ccc(Cl)cc1. The molecule has 0 heterocycles. The van der Waals surface area contributed by atoms with E-state index >= 15 is 0 Å². The second-order valence-corrected chi connectivity index (χ2v) is 5.76. The van der Waals surface area contributed by atoms with Gasteiger partial charge in [-0.05, 0) is 35.4 Å². The molecule has 0 saturated heterocycles. The van der Waals surface area contributed by atoms with Crippen molar-refractivity contribution in [3.8, 4) is 0 Å². The van der Waals surface area contributed by atoms with E-state index in [1.807, 2.05) is 6.07 Å². The molecule has 0 saturated carbocycles. The summed E-state index contributed by atoms with van der Waals surface area (Å²) in [6.45, 7) is 0.293. The number of aliphatic hydroxyl groups is 1. The Labute approximate surface area is 133 Å². The van der Waals surface area contributed by atoms with E-state index in [1.165, 1.54) is 0 Å². The highest BCUT2D eigenvalue weighted by Crippen LogP contribution is 2.33. The lowest BCUT2D eigenvalue weighted by Gasteiger charge is -2.22. The molecule has 106 valence electrons. The minimum absolute atomic E-state index is 0.258. The molecular formula is C15H14Cl3NO. The van der Waals surface area contributed by atoms with Crippen molar-refractivity contribution in [1.29, 1.82) is 0 Å². The highest BCUT2D eigenvalue weighted by Gasteiger charge is 2.22. The van der Waals surface area contributed by atoms with Crippen LogP contribution < -0.4 is 5.73 Å². The van der Waals surface area contributed by atoms with Crippen LogP contribution in [0.25, 0.3) is 0 Å². The molecular weight excluding hydrogens is 317 g/mol. The number of nitrogens with two attached hydrogens (primary N) is 1. The van der Waals surface area contributed by atoms with E-state index in [0.29, 0.717) is 21.6 Å². The van der Waals surface area contributed by atoms with Crippen LogP contribution >= 0.6 is 34.8 Å². The van der Waals surface area contributed by atoms with Gasteiger partial charge in [-0.3, -0.25) is 0 Å². The fourth-order valence-corrected chi connectivity index (χ4v) is 2.52. The van der Waals surface area contributed by atoms with Gasteiger partial charge in [0.25, 0.3) is 0 Å². The van der Waals surface area contributed by atoms with Crippen LogP contribution in [0.4, 0.5) is 0 Å². The first kappa shape index (κ1) is 15.6. The van der Waals surface area contributed by atoms with Crippen molar-refractivity contribution in [1.82, 2.24) is 0 Å². The van der Waals surface area contributed by atoms with Gasteiger partial charge in [0.1, 0.15) is 0 Å². The summed E-state index contributed by atoms with van der Waals surface area (Å²) in [5, 5.41) is 12.0. The van der Waals surface area contributed by atoms with E-state index in [1.54, 1.807) is 36.4 Å². The summed E-state index contributed by atoms with van der Waals surface area (Å²) in [7, 11) is 0. The summed E-state index contributed by atoms with van der Waals surface area (Å²) in [5.41, 5.74) is 7.41. The van der Waals surface area contributed by atoms with Crippen LogP contribution in [-0.2, 0) is 0 Å². The molecule has 0 fully saturated rings. The van der Waals surface area contributed by atoms with Crippen LogP contribution in [0.1, 0.15) is 23.1 Å². The van der Waals surface area contributed by atoms with Crippen molar-refractivity contribution in [3.05, 3.63) is 68.7 Å². The largest absolute Gasteiger partial charge is 0.388 e. The number of halogens is 3. The molecule has 0 amide bonds. The maximum absolute atomic E-state index is 10.5. The molecule has 2 rings (SSSR count). The predicted molar refractivity (Wildman–Crippen MR) is 84.7 cm³/mol. The van der Waals surface area contributed by atoms with Crippen molar-refractivity contribution in [2.45, 2.75) is 12.0 Å². The van der Waals surface area contributed by atoms with Gasteiger partial charge in [0.05, 0.1) is 16.1 Å². The van der Waals surface area contributed by atoms with Crippen LogP contribution in [0.15, 0.2) is 42.5 Å². The van der Waals surface area contributed by atoms with E-state index < -0.39 is 6.10 Å². The standard InChI is InChI=1S/C15H14Cl3NO/c16-11-4-1-9(2-5-11)15(20)12(8-19)10-3-6-13(17)14(18)7-10/h1-7,12,15,20H,8,19H2. The minimum Gasteiger partial charge on any atom is -0.388 e. The van der Waals surface area contributed by atoms with Crippen molar-refractivity contribution in [2.75, 3.05) is 6.54 Å². The monoisotopic (exact) mass is 329 g/mol. The van der Waals surface area contributed by atoms with Crippen LogP contribution in [0.5, 0.6) is 0 Å². The molecule has 0 bridgehead atoms. The van der Waals surface area contributed by atoms with Gasteiger partial charge in [0.2, 0.25) is 0 Å². The Kier molecular flexibility index (Phi) is 5.30. The number of rotatable bonds is 4. The van der Waals surface area contributed by atoms with Gasteiger partial charge in [0.15, 0.2) is 0 Å². The highest BCUT2D eigenvalue weighted by atomic mass is 35.5. The van der Waals surface area contributed by atoms with E-state index in [-0.39, 0.29) is 5.92 Å². The third-order valence-electron chi connectivity index (χ3n) is 3.22. The van der Waals surface area contributed by atoms with Crippen LogP contribution in [-0.4, -0.2) is 11.7 Å². The molecule has 0 aromatic heterocycles. The number of hydrogen-bond donors (Lipinski definition) is 2. The Morgan fingerprint density at radius 3 is 2.05 bits per heavy atom. The summed E-state index contributed by atoms with van der Waals surface area (Å²) in [5.74, 6) is -0.258. The van der Waals surface area contributed by atoms with Gasteiger partial charge in [-0.15, -0.1) is 0 Å². The van der Waals surface area contributed by atoms with E-state index in [2.05, 4.69) is 0 Å². The first-order valence-corrected chi connectivity index (χ1v) is 7.25. The van der Waals surface area contributed by atoms with E-state index in [4.69, 9.17) is 40.5 Å². The average molecular weight is 331 g/mol. The summed E-state index contributed by atoms with van der Waals surface area (Å²) in [6, 6.07) is 12.3. The Morgan fingerprint density at radius 2 is 1.50 bits per heavy atom. The second kappa shape index (κ2) is 6.79. The van der Waals surface area contributed by atoms with Crippen molar-refractivity contribution in [2.24, 2.45) is 5.73 Å². The van der Waals surface area contributed by atoms with Gasteiger partial charge in [-0.1, -0.05) is 53.0 Å². The molecule has 3 N–H and O–H groups in total. The van der Waals surface area contributed by atoms with E-state index in [9.17, 15) is 5.11 Å². The molecule has 0 spiro atoms. The van der Waals surface area contributed by atoms with Crippen LogP contribution in [0, 0.1) is 0 Å². The zero-order valence-corrected chi connectivity index (χ0v) is 12.8. The van der Waals surface area contributed by atoms with Crippen molar-refractivity contribution < 1.29 is 5.11 Å². The molecule has 2 aromatic carbocycles. The smallest absolute Gasteiger partial charge is 0.0870 e. The summed E-state index contributed by atoms with van der Waals surface area (Å²) < 4.78 is 0. The Balaban J connectivity index is 2.31. The topological polar surface area (TPSA) is 46.2 Å². The maximum atomic E-state index is 10.5. The first-order valence-electron chi connectivity index (χ1n) is 6.11.